The average Bonchev–Trinajstić information content (AvgIpc) is 3.04. The lowest BCUT2D eigenvalue weighted by molar-refractivity contribution is -0.00551. The molecule has 1 saturated heterocycles. The third kappa shape index (κ3) is 3.01. The monoisotopic (exact) mass is 351 g/mol. The van der Waals surface area contributed by atoms with Crippen LogP contribution in [0.5, 0.6) is 0 Å². The summed E-state index contributed by atoms with van der Waals surface area (Å²) >= 11 is 0. The standard InChI is InChI=1S/C19H21N5O2/c1-12-10-23(11-13(2)26-12)18-8-7-17-21-9-16(24(17)22-18)14-3-5-15(6-4-14)19(20)25/h3-9,12-13H,10-11H2,1-2H3,(H2,20,25)/t12-,13+. The average molecular weight is 351 g/mol. The van der Waals surface area contributed by atoms with Crippen molar-refractivity contribution < 1.29 is 9.53 Å². The van der Waals surface area contributed by atoms with Crippen molar-refractivity contribution >= 4 is 17.4 Å². The van der Waals surface area contributed by atoms with Crippen molar-refractivity contribution in [2.45, 2.75) is 26.1 Å². The summed E-state index contributed by atoms with van der Waals surface area (Å²) in [5, 5.41) is 4.79. The summed E-state index contributed by atoms with van der Waals surface area (Å²) in [5.74, 6) is 0.457. The quantitative estimate of drug-likeness (QED) is 0.781. The number of hydrogen-bond acceptors (Lipinski definition) is 5. The molecule has 0 spiro atoms. The van der Waals surface area contributed by atoms with Crippen LogP contribution in [0.25, 0.3) is 16.9 Å². The fourth-order valence-corrected chi connectivity index (χ4v) is 3.40. The number of anilines is 1. The Kier molecular flexibility index (Phi) is 4.08. The molecule has 2 aromatic heterocycles. The molecule has 4 rings (SSSR count). The molecule has 1 aliphatic heterocycles. The van der Waals surface area contributed by atoms with Gasteiger partial charge in [-0.15, -0.1) is 5.10 Å². The smallest absolute Gasteiger partial charge is 0.248 e. The number of imidazole rings is 1. The van der Waals surface area contributed by atoms with E-state index in [1.165, 1.54) is 0 Å². The molecule has 7 nitrogen and oxygen atoms in total. The Morgan fingerprint density at radius 3 is 2.46 bits per heavy atom. The Hall–Kier alpha value is -2.93. The Bertz CT molecular complexity index is 940. The molecule has 7 heteroatoms. The zero-order valence-corrected chi connectivity index (χ0v) is 14.8. The van der Waals surface area contributed by atoms with Gasteiger partial charge in [-0.05, 0) is 38.1 Å². The minimum absolute atomic E-state index is 0.167. The fraction of sp³-hybridized carbons (Fsp3) is 0.316. The van der Waals surface area contributed by atoms with Crippen molar-refractivity contribution in [3.8, 4) is 11.3 Å². The van der Waals surface area contributed by atoms with Crippen molar-refractivity contribution in [3.63, 3.8) is 0 Å². The van der Waals surface area contributed by atoms with Crippen molar-refractivity contribution in [3.05, 3.63) is 48.2 Å². The summed E-state index contributed by atoms with van der Waals surface area (Å²) < 4.78 is 7.64. The number of aromatic nitrogens is 3. The topological polar surface area (TPSA) is 85.8 Å². The molecule has 2 atom stereocenters. The molecule has 0 radical (unpaired) electrons. The normalized spacial score (nSPS) is 20.5. The maximum absolute atomic E-state index is 11.3. The summed E-state index contributed by atoms with van der Waals surface area (Å²) in [4.78, 5) is 17.9. The van der Waals surface area contributed by atoms with Gasteiger partial charge in [-0.1, -0.05) is 12.1 Å². The van der Waals surface area contributed by atoms with Gasteiger partial charge in [0.25, 0.3) is 0 Å². The third-order valence-corrected chi connectivity index (χ3v) is 4.56. The Morgan fingerprint density at radius 2 is 1.81 bits per heavy atom. The molecule has 1 fully saturated rings. The first-order valence-electron chi connectivity index (χ1n) is 8.66. The van der Waals surface area contributed by atoms with Gasteiger partial charge in [0.1, 0.15) is 5.82 Å². The second-order valence-corrected chi connectivity index (χ2v) is 6.71. The molecule has 0 unspecified atom stereocenters. The van der Waals surface area contributed by atoms with Crippen molar-refractivity contribution in [2.75, 3.05) is 18.0 Å². The number of primary amides is 1. The number of carbonyl (C=O) groups excluding carboxylic acids is 1. The van der Waals surface area contributed by atoms with E-state index in [0.29, 0.717) is 5.56 Å². The van der Waals surface area contributed by atoms with Crippen LogP contribution in [0.15, 0.2) is 42.6 Å². The maximum atomic E-state index is 11.3. The van der Waals surface area contributed by atoms with Gasteiger partial charge in [0.15, 0.2) is 5.65 Å². The van der Waals surface area contributed by atoms with Gasteiger partial charge in [-0.25, -0.2) is 9.50 Å². The third-order valence-electron chi connectivity index (χ3n) is 4.56. The number of rotatable bonds is 3. The van der Waals surface area contributed by atoms with E-state index in [4.69, 9.17) is 15.6 Å². The Labute approximate surface area is 151 Å². The molecule has 0 bridgehead atoms. The highest BCUT2D eigenvalue weighted by Gasteiger charge is 2.23. The molecule has 3 heterocycles. The lowest BCUT2D eigenvalue weighted by Gasteiger charge is -2.35. The van der Waals surface area contributed by atoms with E-state index in [9.17, 15) is 4.79 Å². The highest BCUT2D eigenvalue weighted by atomic mass is 16.5. The number of nitrogens with zero attached hydrogens (tertiary/aromatic N) is 4. The van der Waals surface area contributed by atoms with E-state index in [1.807, 2.05) is 28.8 Å². The molecule has 1 aliphatic rings. The number of amides is 1. The number of ether oxygens (including phenoxy) is 1. The molecule has 3 aromatic rings. The van der Waals surface area contributed by atoms with E-state index in [0.717, 1.165) is 35.8 Å². The van der Waals surface area contributed by atoms with E-state index in [-0.39, 0.29) is 12.2 Å². The van der Waals surface area contributed by atoms with Crippen LogP contribution in [-0.4, -0.2) is 45.8 Å². The predicted octanol–water partition coefficient (Wildman–Crippen LogP) is 2.11. The largest absolute Gasteiger partial charge is 0.372 e. The molecule has 26 heavy (non-hydrogen) atoms. The fourth-order valence-electron chi connectivity index (χ4n) is 3.40. The van der Waals surface area contributed by atoms with Gasteiger partial charge in [0.05, 0.1) is 24.1 Å². The van der Waals surface area contributed by atoms with Crippen LogP contribution < -0.4 is 10.6 Å². The zero-order chi connectivity index (χ0) is 18.3. The predicted molar refractivity (Wildman–Crippen MR) is 99.2 cm³/mol. The minimum atomic E-state index is -0.439. The number of hydrogen-bond donors (Lipinski definition) is 1. The number of carbonyl (C=O) groups is 1. The molecule has 1 aromatic carbocycles. The van der Waals surface area contributed by atoms with E-state index < -0.39 is 5.91 Å². The van der Waals surface area contributed by atoms with E-state index in [1.54, 1.807) is 18.3 Å². The molecule has 0 aliphatic carbocycles. The highest BCUT2D eigenvalue weighted by molar-refractivity contribution is 5.93. The molecule has 1 amide bonds. The SMILES string of the molecule is C[C@@H]1CN(c2ccc3ncc(-c4ccc(C(N)=O)cc4)n3n2)C[C@H](C)O1. The summed E-state index contributed by atoms with van der Waals surface area (Å²) in [5.41, 5.74) is 8.36. The first-order valence-corrected chi connectivity index (χ1v) is 8.66. The van der Waals surface area contributed by atoms with Crippen molar-refractivity contribution in [1.29, 1.82) is 0 Å². The second kappa shape index (κ2) is 6.42. The molecular weight excluding hydrogens is 330 g/mol. The highest BCUT2D eigenvalue weighted by Crippen LogP contribution is 2.23. The summed E-state index contributed by atoms with van der Waals surface area (Å²) in [6, 6.07) is 11.1. The first kappa shape index (κ1) is 16.5. The maximum Gasteiger partial charge on any atom is 0.248 e. The van der Waals surface area contributed by atoms with E-state index in [2.05, 4.69) is 23.7 Å². The molecule has 134 valence electrons. The second-order valence-electron chi connectivity index (χ2n) is 6.71. The van der Waals surface area contributed by atoms with Crippen LogP contribution >= 0.6 is 0 Å². The van der Waals surface area contributed by atoms with Gasteiger partial charge in [0, 0.05) is 24.2 Å². The minimum Gasteiger partial charge on any atom is -0.372 e. The van der Waals surface area contributed by atoms with Crippen LogP contribution in [0.4, 0.5) is 5.82 Å². The lowest BCUT2D eigenvalue weighted by Crippen LogP contribution is -2.46. The number of morpholine rings is 1. The van der Waals surface area contributed by atoms with Crippen LogP contribution in [-0.2, 0) is 4.74 Å². The van der Waals surface area contributed by atoms with Gasteiger partial charge >= 0.3 is 0 Å². The van der Waals surface area contributed by atoms with Gasteiger partial charge < -0.3 is 15.4 Å². The number of fused-ring (bicyclic) bond motifs is 1. The van der Waals surface area contributed by atoms with Crippen molar-refractivity contribution in [1.82, 2.24) is 14.6 Å². The van der Waals surface area contributed by atoms with Crippen LogP contribution in [0.2, 0.25) is 0 Å². The summed E-state index contributed by atoms with van der Waals surface area (Å²) in [7, 11) is 0. The van der Waals surface area contributed by atoms with Crippen molar-refractivity contribution in [2.24, 2.45) is 5.73 Å². The summed E-state index contributed by atoms with van der Waals surface area (Å²) in [6.45, 7) is 5.76. The van der Waals surface area contributed by atoms with Gasteiger partial charge in [0.2, 0.25) is 5.91 Å². The zero-order valence-electron chi connectivity index (χ0n) is 14.8. The summed E-state index contributed by atoms with van der Waals surface area (Å²) in [6.07, 6.45) is 2.12. The van der Waals surface area contributed by atoms with Crippen LogP contribution in [0.1, 0.15) is 24.2 Å². The molecule has 2 N–H and O–H groups in total. The number of nitrogens with two attached hydrogens (primary N) is 1. The van der Waals surface area contributed by atoms with Crippen LogP contribution in [0, 0.1) is 0 Å². The molecule has 0 saturated carbocycles. The Morgan fingerprint density at radius 1 is 1.12 bits per heavy atom. The number of benzene rings is 1. The van der Waals surface area contributed by atoms with Gasteiger partial charge in [-0.3, -0.25) is 4.79 Å². The Balaban J connectivity index is 1.71. The molecular formula is C19H21N5O2. The van der Waals surface area contributed by atoms with E-state index >= 15 is 0 Å². The van der Waals surface area contributed by atoms with Crippen LogP contribution in [0.3, 0.4) is 0 Å². The van der Waals surface area contributed by atoms with Gasteiger partial charge in [-0.2, -0.15) is 0 Å². The first-order chi connectivity index (χ1) is 12.5. The lowest BCUT2D eigenvalue weighted by atomic mass is 10.1.